The number of benzene rings is 3. The molecule has 2 amide bonds. The van der Waals surface area contributed by atoms with Crippen LogP contribution in [0.15, 0.2) is 78.9 Å². The number of aryl methyl sites for hydroxylation is 1. The van der Waals surface area contributed by atoms with Crippen molar-refractivity contribution in [1.29, 1.82) is 0 Å². The summed E-state index contributed by atoms with van der Waals surface area (Å²) in [4.78, 5) is 28.7. The zero-order valence-electron chi connectivity index (χ0n) is 21.2. The van der Waals surface area contributed by atoms with Gasteiger partial charge in [0.2, 0.25) is 11.8 Å². The van der Waals surface area contributed by atoms with E-state index in [1.165, 1.54) is 29.5 Å². The molecule has 0 aliphatic rings. The van der Waals surface area contributed by atoms with Gasteiger partial charge in [-0.25, -0.2) is 4.39 Å². The SMILES string of the molecule is CC[C@@H](C)NC(=O)[C@@H](Cc1ccccc1)N(Cc1ccc(F)cc1)C(=O)CSCc1cccc(C)c1. The van der Waals surface area contributed by atoms with Gasteiger partial charge in [0, 0.05) is 24.8 Å². The van der Waals surface area contributed by atoms with Crippen molar-refractivity contribution in [3.63, 3.8) is 0 Å². The first kappa shape index (κ1) is 27.5. The fraction of sp³-hybridized carbons (Fsp3) is 0.333. The summed E-state index contributed by atoms with van der Waals surface area (Å²) in [6.45, 7) is 6.26. The highest BCUT2D eigenvalue weighted by Gasteiger charge is 2.30. The average Bonchev–Trinajstić information content (AvgIpc) is 2.87. The molecule has 0 radical (unpaired) electrons. The third-order valence-corrected chi connectivity index (χ3v) is 7.10. The van der Waals surface area contributed by atoms with E-state index in [0.29, 0.717) is 12.2 Å². The number of carbonyl (C=O) groups excluding carboxylic acids is 2. The molecule has 6 heteroatoms. The van der Waals surface area contributed by atoms with Crippen LogP contribution >= 0.6 is 11.8 Å². The third kappa shape index (κ3) is 8.52. The summed E-state index contributed by atoms with van der Waals surface area (Å²) in [5.74, 6) is 0.335. The van der Waals surface area contributed by atoms with Crippen LogP contribution in [0.2, 0.25) is 0 Å². The predicted octanol–water partition coefficient (Wildman–Crippen LogP) is 5.92. The minimum Gasteiger partial charge on any atom is -0.352 e. The van der Waals surface area contributed by atoms with Gasteiger partial charge in [-0.2, -0.15) is 0 Å². The van der Waals surface area contributed by atoms with Crippen LogP contribution in [0, 0.1) is 12.7 Å². The maximum absolute atomic E-state index is 13.6. The van der Waals surface area contributed by atoms with E-state index in [1.54, 1.807) is 17.0 Å². The molecule has 3 aromatic rings. The molecule has 2 atom stereocenters. The Hall–Kier alpha value is -3.12. The van der Waals surface area contributed by atoms with Crippen LogP contribution in [0.3, 0.4) is 0 Å². The van der Waals surface area contributed by atoms with Gasteiger partial charge in [0.1, 0.15) is 11.9 Å². The molecular weight excluding hydrogens is 471 g/mol. The van der Waals surface area contributed by atoms with Gasteiger partial charge in [0.15, 0.2) is 0 Å². The number of halogens is 1. The summed E-state index contributed by atoms with van der Waals surface area (Å²) >= 11 is 1.54. The molecule has 0 aliphatic heterocycles. The van der Waals surface area contributed by atoms with E-state index < -0.39 is 6.04 Å². The van der Waals surface area contributed by atoms with E-state index >= 15 is 0 Å². The van der Waals surface area contributed by atoms with Gasteiger partial charge in [0.25, 0.3) is 0 Å². The zero-order valence-corrected chi connectivity index (χ0v) is 22.1. The van der Waals surface area contributed by atoms with Crippen molar-refractivity contribution in [2.75, 3.05) is 5.75 Å². The first-order valence-corrected chi connectivity index (χ1v) is 13.5. The number of nitrogens with one attached hydrogen (secondary N) is 1. The Bertz CT molecular complexity index is 1120. The molecule has 0 aromatic heterocycles. The summed E-state index contributed by atoms with van der Waals surface area (Å²) in [6, 6.07) is 23.4. The van der Waals surface area contributed by atoms with Crippen molar-refractivity contribution in [3.05, 3.63) is 107 Å². The molecule has 190 valence electrons. The minimum atomic E-state index is -0.682. The van der Waals surface area contributed by atoms with Crippen LogP contribution in [-0.2, 0) is 28.3 Å². The number of hydrogen-bond acceptors (Lipinski definition) is 3. The van der Waals surface area contributed by atoms with Crippen LogP contribution < -0.4 is 5.32 Å². The minimum absolute atomic E-state index is 0.00533. The number of rotatable bonds is 12. The molecule has 0 fully saturated rings. The van der Waals surface area contributed by atoms with E-state index in [0.717, 1.165) is 23.1 Å². The number of nitrogens with zero attached hydrogens (tertiary/aromatic N) is 1. The number of thioether (sulfide) groups is 1. The van der Waals surface area contributed by atoms with Gasteiger partial charge < -0.3 is 10.2 Å². The van der Waals surface area contributed by atoms with Crippen molar-refractivity contribution in [2.24, 2.45) is 0 Å². The van der Waals surface area contributed by atoms with Gasteiger partial charge in [-0.05, 0) is 49.1 Å². The summed E-state index contributed by atoms with van der Waals surface area (Å²) in [5.41, 5.74) is 4.10. The second kappa shape index (κ2) is 13.8. The highest BCUT2D eigenvalue weighted by Crippen LogP contribution is 2.19. The standard InChI is InChI=1S/C30H35FN2O2S/c1-4-23(3)32-30(35)28(18-24-10-6-5-7-11-24)33(19-25-13-15-27(31)16-14-25)29(34)21-36-20-26-12-8-9-22(2)17-26/h5-17,23,28H,4,18-21H2,1-3H3,(H,32,35)/t23-,28-/m1/s1. The van der Waals surface area contributed by atoms with Crippen LogP contribution in [-0.4, -0.2) is 34.6 Å². The second-order valence-electron chi connectivity index (χ2n) is 9.15. The maximum Gasteiger partial charge on any atom is 0.243 e. The quantitative estimate of drug-likeness (QED) is 0.332. The molecule has 0 saturated heterocycles. The Morgan fingerprint density at radius 2 is 1.64 bits per heavy atom. The van der Waals surface area contributed by atoms with Crippen molar-refractivity contribution in [3.8, 4) is 0 Å². The highest BCUT2D eigenvalue weighted by atomic mass is 32.2. The Morgan fingerprint density at radius 3 is 2.31 bits per heavy atom. The van der Waals surface area contributed by atoms with E-state index in [4.69, 9.17) is 0 Å². The molecule has 0 unspecified atom stereocenters. The lowest BCUT2D eigenvalue weighted by atomic mass is 10.0. The fourth-order valence-electron chi connectivity index (χ4n) is 3.92. The molecule has 0 heterocycles. The largest absolute Gasteiger partial charge is 0.352 e. The lowest BCUT2D eigenvalue weighted by Gasteiger charge is -2.32. The maximum atomic E-state index is 13.6. The molecule has 0 aliphatic carbocycles. The Morgan fingerprint density at radius 1 is 0.944 bits per heavy atom. The molecular formula is C30H35FN2O2S. The topological polar surface area (TPSA) is 49.4 Å². The van der Waals surface area contributed by atoms with Gasteiger partial charge >= 0.3 is 0 Å². The molecule has 3 aromatic carbocycles. The molecule has 4 nitrogen and oxygen atoms in total. The van der Waals surface area contributed by atoms with Gasteiger partial charge in [-0.15, -0.1) is 11.8 Å². The van der Waals surface area contributed by atoms with Gasteiger partial charge in [-0.3, -0.25) is 9.59 Å². The number of amides is 2. The third-order valence-electron chi connectivity index (χ3n) is 6.12. The van der Waals surface area contributed by atoms with E-state index in [9.17, 15) is 14.0 Å². The van der Waals surface area contributed by atoms with E-state index in [2.05, 4.69) is 17.4 Å². The average molecular weight is 507 g/mol. The van der Waals surface area contributed by atoms with Crippen LogP contribution in [0.1, 0.15) is 42.5 Å². The van der Waals surface area contributed by atoms with Crippen molar-refractivity contribution in [1.82, 2.24) is 10.2 Å². The Balaban J connectivity index is 1.85. The van der Waals surface area contributed by atoms with Crippen LogP contribution in [0.4, 0.5) is 4.39 Å². The monoisotopic (exact) mass is 506 g/mol. The lowest BCUT2D eigenvalue weighted by Crippen LogP contribution is -2.52. The predicted molar refractivity (Wildman–Crippen MR) is 146 cm³/mol. The summed E-state index contributed by atoms with van der Waals surface area (Å²) in [7, 11) is 0. The van der Waals surface area contributed by atoms with Crippen LogP contribution in [0.25, 0.3) is 0 Å². The molecule has 1 N–H and O–H groups in total. The van der Waals surface area contributed by atoms with Gasteiger partial charge in [0.05, 0.1) is 5.75 Å². The smallest absolute Gasteiger partial charge is 0.243 e. The molecule has 36 heavy (non-hydrogen) atoms. The number of carbonyl (C=O) groups is 2. The summed E-state index contributed by atoms with van der Waals surface area (Å²) in [6.07, 6.45) is 1.20. The van der Waals surface area contributed by atoms with E-state index in [-0.39, 0.29) is 36.0 Å². The molecule has 3 rings (SSSR count). The molecule has 0 bridgehead atoms. The summed E-state index contributed by atoms with van der Waals surface area (Å²) in [5, 5.41) is 3.07. The normalized spacial score (nSPS) is 12.6. The second-order valence-corrected chi connectivity index (χ2v) is 10.1. The lowest BCUT2D eigenvalue weighted by molar-refractivity contribution is -0.139. The van der Waals surface area contributed by atoms with Gasteiger partial charge in [-0.1, -0.05) is 79.2 Å². The first-order valence-electron chi connectivity index (χ1n) is 12.4. The van der Waals surface area contributed by atoms with E-state index in [1.807, 2.05) is 63.2 Å². The zero-order chi connectivity index (χ0) is 25.9. The molecule has 0 saturated carbocycles. The first-order chi connectivity index (χ1) is 17.4. The van der Waals surface area contributed by atoms with Crippen molar-refractivity contribution in [2.45, 2.75) is 58.0 Å². The molecule has 0 spiro atoms. The fourth-order valence-corrected chi connectivity index (χ4v) is 4.78. The van der Waals surface area contributed by atoms with Crippen molar-refractivity contribution >= 4 is 23.6 Å². The number of hydrogen-bond donors (Lipinski definition) is 1. The van der Waals surface area contributed by atoms with Crippen LogP contribution in [0.5, 0.6) is 0 Å². The Kier molecular flexibility index (Phi) is 10.6. The summed E-state index contributed by atoms with van der Waals surface area (Å²) < 4.78 is 13.5. The van der Waals surface area contributed by atoms with Crippen molar-refractivity contribution < 1.29 is 14.0 Å². The Labute approximate surface area is 218 Å². The highest BCUT2D eigenvalue weighted by molar-refractivity contribution is 7.99.